The number of carbonyl (C=O) groups is 1. The van der Waals surface area contributed by atoms with E-state index in [1.165, 1.54) is 13.2 Å². The van der Waals surface area contributed by atoms with Gasteiger partial charge >= 0.3 is 11.6 Å². The highest BCUT2D eigenvalue weighted by atomic mass is 16.5. The molecule has 6 nitrogen and oxygen atoms in total. The Bertz CT molecular complexity index is 918. The average Bonchev–Trinajstić information content (AvgIpc) is 2.98. The number of ether oxygens (including phenoxy) is 2. The van der Waals surface area contributed by atoms with Crippen LogP contribution in [0.1, 0.15) is 21.9 Å². The van der Waals surface area contributed by atoms with Gasteiger partial charge in [0, 0.05) is 23.1 Å². The number of carbonyl (C=O) groups excluding carboxylic acids is 1. The molecule has 0 saturated heterocycles. The van der Waals surface area contributed by atoms with E-state index in [0.717, 1.165) is 0 Å². The molecule has 0 saturated carbocycles. The molecule has 0 aliphatic heterocycles. The number of fused-ring (bicyclic) bond motifs is 1. The van der Waals surface area contributed by atoms with E-state index in [-0.39, 0.29) is 12.4 Å². The minimum absolute atomic E-state index is 0.0625. The van der Waals surface area contributed by atoms with Gasteiger partial charge < -0.3 is 18.3 Å². The largest absolute Gasteiger partial charge is 0.497 e. The lowest BCUT2D eigenvalue weighted by Crippen LogP contribution is -2.07. The zero-order chi connectivity index (χ0) is 16.4. The molecule has 23 heavy (non-hydrogen) atoms. The monoisotopic (exact) mass is 314 g/mol. The number of furan rings is 1. The van der Waals surface area contributed by atoms with Gasteiger partial charge in [0.05, 0.1) is 7.11 Å². The number of methoxy groups -OCH3 is 1. The summed E-state index contributed by atoms with van der Waals surface area (Å²) in [6.45, 7) is 1.67. The summed E-state index contributed by atoms with van der Waals surface area (Å²) in [7, 11) is 1.52. The van der Waals surface area contributed by atoms with Crippen molar-refractivity contribution < 1.29 is 23.1 Å². The third kappa shape index (κ3) is 3.11. The van der Waals surface area contributed by atoms with Gasteiger partial charge in [0.15, 0.2) is 0 Å². The number of benzene rings is 1. The average molecular weight is 314 g/mol. The van der Waals surface area contributed by atoms with Crippen LogP contribution in [-0.2, 0) is 11.3 Å². The van der Waals surface area contributed by atoms with E-state index in [1.807, 2.05) is 0 Å². The molecule has 0 spiro atoms. The molecular formula is C17H14O6. The summed E-state index contributed by atoms with van der Waals surface area (Å²) in [5, 5.41) is 0.675. The van der Waals surface area contributed by atoms with E-state index in [0.29, 0.717) is 28.0 Å². The van der Waals surface area contributed by atoms with Gasteiger partial charge in [0.1, 0.15) is 23.7 Å². The molecular weight excluding hydrogens is 300 g/mol. The molecule has 1 aromatic carbocycles. The van der Waals surface area contributed by atoms with Gasteiger partial charge in [0.25, 0.3) is 0 Å². The molecule has 0 aliphatic rings. The van der Waals surface area contributed by atoms with Crippen molar-refractivity contribution in [3.63, 3.8) is 0 Å². The van der Waals surface area contributed by atoms with Gasteiger partial charge in [-0.1, -0.05) is 0 Å². The SMILES string of the molecule is COc1ccc2c(COC(=O)c3ccc(C)o3)cc(=O)oc2c1. The topological polar surface area (TPSA) is 78.9 Å². The first-order chi connectivity index (χ1) is 11.1. The Hall–Kier alpha value is -3.02. The van der Waals surface area contributed by atoms with Crippen molar-refractivity contribution in [2.45, 2.75) is 13.5 Å². The van der Waals surface area contributed by atoms with E-state index in [1.54, 1.807) is 37.3 Å². The number of hydrogen-bond donors (Lipinski definition) is 0. The highest BCUT2D eigenvalue weighted by molar-refractivity contribution is 5.87. The predicted molar refractivity (Wildman–Crippen MR) is 81.6 cm³/mol. The van der Waals surface area contributed by atoms with Crippen molar-refractivity contribution in [3.05, 3.63) is 63.9 Å². The Morgan fingerprint density at radius 3 is 2.65 bits per heavy atom. The van der Waals surface area contributed by atoms with E-state index in [2.05, 4.69) is 0 Å². The van der Waals surface area contributed by atoms with Crippen molar-refractivity contribution in [3.8, 4) is 5.75 Å². The highest BCUT2D eigenvalue weighted by Gasteiger charge is 2.14. The molecule has 0 aliphatic carbocycles. The van der Waals surface area contributed by atoms with E-state index >= 15 is 0 Å². The maximum absolute atomic E-state index is 11.9. The Morgan fingerprint density at radius 1 is 1.13 bits per heavy atom. The summed E-state index contributed by atoms with van der Waals surface area (Å²) in [6.07, 6.45) is 0. The molecule has 2 aromatic heterocycles. The second kappa shape index (κ2) is 6.00. The zero-order valence-corrected chi connectivity index (χ0v) is 12.6. The Labute approximate surface area is 131 Å². The molecule has 0 unspecified atom stereocenters. The summed E-state index contributed by atoms with van der Waals surface area (Å²) in [5.74, 6) is 0.722. The Morgan fingerprint density at radius 2 is 1.96 bits per heavy atom. The number of hydrogen-bond acceptors (Lipinski definition) is 6. The van der Waals surface area contributed by atoms with Gasteiger partial charge in [-0.05, 0) is 31.2 Å². The fourth-order valence-corrected chi connectivity index (χ4v) is 2.22. The number of aryl methyl sites for hydroxylation is 1. The lowest BCUT2D eigenvalue weighted by atomic mass is 10.1. The first kappa shape index (κ1) is 14.9. The quantitative estimate of drug-likeness (QED) is 0.544. The third-order valence-corrected chi connectivity index (χ3v) is 3.34. The van der Waals surface area contributed by atoms with Crippen molar-refractivity contribution >= 4 is 16.9 Å². The molecule has 0 atom stereocenters. The first-order valence-electron chi connectivity index (χ1n) is 6.91. The van der Waals surface area contributed by atoms with Crippen LogP contribution in [0, 0.1) is 6.92 Å². The first-order valence-corrected chi connectivity index (χ1v) is 6.91. The van der Waals surface area contributed by atoms with Gasteiger partial charge in [-0.3, -0.25) is 0 Å². The van der Waals surface area contributed by atoms with E-state index in [4.69, 9.17) is 18.3 Å². The Kier molecular flexibility index (Phi) is 3.89. The summed E-state index contributed by atoms with van der Waals surface area (Å²) in [4.78, 5) is 23.6. The maximum atomic E-state index is 11.9. The van der Waals surface area contributed by atoms with Crippen LogP contribution in [0.5, 0.6) is 5.75 Å². The number of esters is 1. The molecule has 3 rings (SSSR count). The summed E-state index contributed by atoms with van der Waals surface area (Å²) >= 11 is 0. The predicted octanol–water partition coefficient (Wildman–Crippen LogP) is 3.06. The summed E-state index contributed by atoms with van der Waals surface area (Å²) in [6, 6.07) is 9.61. The molecule has 6 heteroatoms. The van der Waals surface area contributed by atoms with E-state index < -0.39 is 11.6 Å². The molecule has 0 N–H and O–H groups in total. The minimum atomic E-state index is -0.590. The van der Waals surface area contributed by atoms with Crippen LogP contribution in [0.4, 0.5) is 0 Å². The van der Waals surface area contributed by atoms with Crippen LogP contribution in [-0.4, -0.2) is 13.1 Å². The molecule has 2 heterocycles. The van der Waals surface area contributed by atoms with Crippen LogP contribution in [0.15, 0.2) is 50.0 Å². The number of rotatable bonds is 4. The van der Waals surface area contributed by atoms with Crippen LogP contribution in [0.2, 0.25) is 0 Å². The van der Waals surface area contributed by atoms with Crippen molar-refractivity contribution in [1.29, 1.82) is 0 Å². The molecule has 0 amide bonds. The van der Waals surface area contributed by atoms with E-state index in [9.17, 15) is 9.59 Å². The molecule has 0 radical (unpaired) electrons. The van der Waals surface area contributed by atoms with Crippen LogP contribution >= 0.6 is 0 Å². The Balaban J connectivity index is 1.87. The van der Waals surface area contributed by atoms with Crippen LogP contribution in [0.3, 0.4) is 0 Å². The lowest BCUT2D eigenvalue weighted by molar-refractivity contribution is 0.0436. The molecule has 0 fully saturated rings. The molecule has 3 aromatic rings. The normalized spacial score (nSPS) is 10.7. The minimum Gasteiger partial charge on any atom is -0.497 e. The lowest BCUT2D eigenvalue weighted by Gasteiger charge is -2.07. The summed E-state index contributed by atoms with van der Waals surface area (Å²) in [5.41, 5.74) is 0.401. The van der Waals surface area contributed by atoms with Gasteiger partial charge in [-0.25, -0.2) is 9.59 Å². The van der Waals surface area contributed by atoms with Crippen molar-refractivity contribution in [2.75, 3.05) is 7.11 Å². The van der Waals surface area contributed by atoms with Crippen molar-refractivity contribution in [2.24, 2.45) is 0 Å². The third-order valence-electron chi connectivity index (χ3n) is 3.34. The molecule has 0 bridgehead atoms. The molecule has 118 valence electrons. The second-order valence-corrected chi connectivity index (χ2v) is 4.94. The smallest absolute Gasteiger partial charge is 0.374 e. The highest BCUT2D eigenvalue weighted by Crippen LogP contribution is 2.23. The van der Waals surface area contributed by atoms with Gasteiger partial charge in [-0.2, -0.15) is 0 Å². The summed E-state index contributed by atoms with van der Waals surface area (Å²) < 4.78 is 20.7. The standard InChI is InChI=1S/C17H14O6/c1-10-3-6-14(22-10)17(19)21-9-11-7-16(18)23-15-8-12(20-2)4-5-13(11)15/h3-8H,9H2,1-2H3. The van der Waals surface area contributed by atoms with Gasteiger partial charge in [-0.15, -0.1) is 0 Å². The van der Waals surface area contributed by atoms with Crippen molar-refractivity contribution in [1.82, 2.24) is 0 Å². The second-order valence-electron chi connectivity index (χ2n) is 4.94. The van der Waals surface area contributed by atoms with Crippen LogP contribution < -0.4 is 10.4 Å². The maximum Gasteiger partial charge on any atom is 0.374 e. The van der Waals surface area contributed by atoms with Crippen LogP contribution in [0.25, 0.3) is 11.0 Å². The fourth-order valence-electron chi connectivity index (χ4n) is 2.22. The zero-order valence-electron chi connectivity index (χ0n) is 12.6. The van der Waals surface area contributed by atoms with Gasteiger partial charge in [0.2, 0.25) is 5.76 Å². The fraction of sp³-hybridized carbons (Fsp3) is 0.176.